The lowest BCUT2D eigenvalue weighted by molar-refractivity contribution is -0.118. The van der Waals surface area contributed by atoms with Gasteiger partial charge in [-0.1, -0.05) is 19.9 Å². The molecule has 0 bridgehead atoms. The van der Waals surface area contributed by atoms with Gasteiger partial charge in [-0.2, -0.15) is 0 Å². The van der Waals surface area contributed by atoms with Gasteiger partial charge in [-0.3, -0.25) is 9.59 Å². The summed E-state index contributed by atoms with van der Waals surface area (Å²) in [4.78, 5) is 24.0. The largest absolute Gasteiger partial charge is 0.326 e. The fourth-order valence-electron chi connectivity index (χ4n) is 1.74. The van der Waals surface area contributed by atoms with E-state index in [1.165, 1.54) is 11.3 Å². The van der Waals surface area contributed by atoms with Gasteiger partial charge < -0.3 is 10.6 Å². The summed E-state index contributed by atoms with van der Waals surface area (Å²) in [6, 6.07) is 7.25. The summed E-state index contributed by atoms with van der Waals surface area (Å²) in [6.45, 7) is 5.58. The molecule has 2 N–H and O–H groups in total. The summed E-state index contributed by atoms with van der Waals surface area (Å²) in [5, 5.41) is 7.50. The van der Waals surface area contributed by atoms with E-state index in [-0.39, 0.29) is 17.7 Å². The molecular weight excluding hydrogens is 364 g/mol. The summed E-state index contributed by atoms with van der Waals surface area (Å²) < 4.78 is 0.910. The number of carbonyl (C=O) groups excluding carboxylic acids is 2. The number of amides is 2. The summed E-state index contributed by atoms with van der Waals surface area (Å²) in [5.41, 5.74) is 2.90. The molecule has 22 heavy (non-hydrogen) atoms. The Morgan fingerprint density at radius 2 is 1.91 bits per heavy atom. The van der Waals surface area contributed by atoms with Crippen molar-refractivity contribution in [1.82, 2.24) is 0 Å². The quantitative estimate of drug-likeness (QED) is 0.809. The normalized spacial score (nSPS) is 10.6. The van der Waals surface area contributed by atoms with Crippen molar-refractivity contribution in [1.29, 1.82) is 0 Å². The molecule has 116 valence electrons. The highest BCUT2D eigenvalue weighted by Gasteiger charge is 2.12. The number of thiophene rings is 1. The lowest BCUT2D eigenvalue weighted by Gasteiger charge is -2.12. The Kier molecular flexibility index (Phi) is 5.37. The van der Waals surface area contributed by atoms with E-state index in [0.29, 0.717) is 16.9 Å². The van der Waals surface area contributed by atoms with Crippen molar-refractivity contribution in [3.8, 4) is 0 Å². The van der Waals surface area contributed by atoms with Crippen LogP contribution < -0.4 is 10.6 Å². The third kappa shape index (κ3) is 4.18. The molecule has 0 aliphatic rings. The maximum atomic E-state index is 12.2. The fourth-order valence-corrected chi connectivity index (χ4v) is 2.88. The summed E-state index contributed by atoms with van der Waals surface area (Å²) in [7, 11) is 0. The van der Waals surface area contributed by atoms with Crippen LogP contribution >= 0.6 is 27.3 Å². The molecule has 0 spiro atoms. The summed E-state index contributed by atoms with van der Waals surface area (Å²) in [5.74, 6) is -0.317. The van der Waals surface area contributed by atoms with Gasteiger partial charge in [0.2, 0.25) is 5.91 Å². The Hall–Kier alpha value is -1.66. The minimum Gasteiger partial charge on any atom is -0.326 e. The van der Waals surface area contributed by atoms with Gasteiger partial charge >= 0.3 is 0 Å². The van der Waals surface area contributed by atoms with E-state index in [4.69, 9.17) is 0 Å². The number of nitrogens with one attached hydrogen (secondary N) is 2. The third-order valence-corrected chi connectivity index (χ3v) is 4.61. The van der Waals surface area contributed by atoms with E-state index < -0.39 is 0 Å². The number of aryl methyl sites for hydroxylation is 1. The second kappa shape index (κ2) is 7.07. The van der Waals surface area contributed by atoms with E-state index in [1.54, 1.807) is 17.5 Å². The zero-order valence-corrected chi connectivity index (χ0v) is 15.0. The van der Waals surface area contributed by atoms with E-state index in [9.17, 15) is 9.59 Å². The van der Waals surface area contributed by atoms with Gasteiger partial charge in [0.25, 0.3) is 5.91 Å². The van der Waals surface area contributed by atoms with Crippen LogP contribution in [0.4, 0.5) is 11.4 Å². The maximum absolute atomic E-state index is 12.2. The predicted octanol–water partition coefficient (Wildman–Crippen LogP) is 4.67. The van der Waals surface area contributed by atoms with Crippen molar-refractivity contribution in [2.45, 2.75) is 20.8 Å². The van der Waals surface area contributed by atoms with Crippen molar-refractivity contribution < 1.29 is 9.59 Å². The first-order valence-electron chi connectivity index (χ1n) is 6.83. The van der Waals surface area contributed by atoms with Gasteiger partial charge in [0, 0.05) is 22.7 Å². The van der Waals surface area contributed by atoms with Gasteiger partial charge in [0.15, 0.2) is 0 Å². The van der Waals surface area contributed by atoms with Crippen molar-refractivity contribution in [3.63, 3.8) is 0 Å². The number of hydrogen-bond acceptors (Lipinski definition) is 3. The molecule has 4 nitrogen and oxygen atoms in total. The van der Waals surface area contributed by atoms with Gasteiger partial charge in [-0.05, 0) is 46.6 Å². The molecule has 0 saturated heterocycles. The van der Waals surface area contributed by atoms with Gasteiger partial charge in [-0.15, -0.1) is 11.3 Å². The van der Waals surface area contributed by atoms with E-state index >= 15 is 0 Å². The first-order valence-corrected chi connectivity index (χ1v) is 8.51. The van der Waals surface area contributed by atoms with Crippen molar-refractivity contribution in [2.75, 3.05) is 10.6 Å². The molecule has 1 aromatic carbocycles. The number of carbonyl (C=O) groups is 2. The fraction of sp³-hybridized carbons (Fsp3) is 0.250. The SMILES string of the molecule is Cc1ccc(NC(=O)C(C)C)cc1NC(=O)c1csc(Br)c1. The lowest BCUT2D eigenvalue weighted by Crippen LogP contribution is -2.18. The molecule has 0 fully saturated rings. The summed E-state index contributed by atoms with van der Waals surface area (Å²) >= 11 is 4.80. The molecule has 0 saturated carbocycles. The number of hydrogen-bond donors (Lipinski definition) is 2. The van der Waals surface area contributed by atoms with Crippen LogP contribution in [0.1, 0.15) is 29.8 Å². The number of benzene rings is 1. The van der Waals surface area contributed by atoms with Crippen LogP contribution in [0.15, 0.2) is 33.4 Å². The molecule has 0 aliphatic heterocycles. The Bertz CT molecular complexity index is 710. The molecule has 0 aliphatic carbocycles. The second-order valence-corrected chi connectivity index (χ2v) is 7.56. The highest BCUT2D eigenvalue weighted by Crippen LogP contribution is 2.24. The van der Waals surface area contributed by atoms with E-state index in [0.717, 1.165) is 9.35 Å². The smallest absolute Gasteiger partial charge is 0.256 e. The maximum Gasteiger partial charge on any atom is 0.256 e. The zero-order valence-electron chi connectivity index (χ0n) is 12.6. The van der Waals surface area contributed by atoms with Crippen LogP contribution in [-0.4, -0.2) is 11.8 Å². The number of anilines is 2. The average Bonchev–Trinajstić information content (AvgIpc) is 2.89. The van der Waals surface area contributed by atoms with Gasteiger partial charge in [0.05, 0.1) is 9.35 Å². The first-order chi connectivity index (χ1) is 10.4. The van der Waals surface area contributed by atoms with Crippen molar-refractivity contribution in [3.05, 3.63) is 44.6 Å². The first kappa shape index (κ1) is 16.7. The Labute approximate surface area is 142 Å². The Morgan fingerprint density at radius 1 is 1.18 bits per heavy atom. The predicted molar refractivity (Wildman–Crippen MR) is 94.6 cm³/mol. The van der Waals surface area contributed by atoms with Crippen LogP contribution in [0, 0.1) is 12.8 Å². The summed E-state index contributed by atoms with van der Waals surface area (Å²) in [6.07, 6.45) is 0. The monoisotopic (exact) mass is 380 g/mol. The minimum atomic E-state index is -0.169. The molecule has 2 amide bonds. The molecule has 0 unspecified atom stereocenters. The van der Waals surface area contributed by atoms with E-state index in [1.807, 2.05) is 32.9 Å². The van der Waals surface area contributed by atoms with Crippen LogP contribution in [0.3, 0.4) is 0 Å². The van der Waals surface area contributed by atoms with Gasteiger partial charge in [-0.25, -0.2) is 0 Å². The highest BCUT2D eigenvalue weighted by atomic mass is 79.9. The highest BCUT2D eigenvalue weighted by molar-refractivity contribution is 9.11. The lowest BCUT2D eigenvalue weighted by atomic mass is 10.1. The van der Waals surface area contributed by atoms with Crippen molar-refractivity contribution in [2.24, 2.45) is 5.92 Å². The van der Waals surface area contributed by atoms with Crippen molar-refractivity contribution >= 4 is 50.5 Å². The molecular formula is C16H17BrN2O2S. The van der Waals surface area contributed by atoms with Crippen LogP contribution in [-0.2, 0) is 4.79 Å². The number of rotatable bonds is 4. The van der Waals surface area contributed by atoms with E-state index in [2.05, 4.69) is 26.6 Å². The molecule has 1 heterocycles. The molecule has 6 heteroatoms. The Balaban J connectivity index is 2.16. The van der Waals surface area contributed by atoms with Crippen LogP contribution in [0.2, 0.25) is 0 Å². The second-order valence-electron chi connectivity index (χ2n) is 5.27. The molecule has 2 aromatic rings. The molecule has 2 rings (SSSR count). The average molecular weight is 381 g/mol. The zero-order chi connectivity index (χ0) is 16.3. The molecule has 1 aromatic heterocycles. The molecule has 0 atom stereocenters. The standard InChI is InChI=1S/C16H17BrN2O2S/c1-9(2)15(20)18-12-5-4-10(3)13(7-12)19-16(21)11-6-14(17)22-8-11/h4-9H,1-3H3,(H,18,20)(H,19,21). The van der Waals surface area contributed by atoms with Crippen LogP contribution in [0.5, 0.6) is 0 Å². The Morgan fingerprint density at radius 3 is 2.50 bits per heavy atom. The van der Waals surface area contributed by atoms with Crippen LogP contribution in [0.25, 0.3) is 0 Å². The topological polar surface area (TPSA) is 58.2 Å². The molecule has 0 radical (unpaired) electrons. The third-order valence-electron chi connectivity index (χ3n) is 3.11. The van der Waals surface area contributed by atoms with Gasteiger partial charge in [0.1, 0.15) is 0 Å². The number of halogens is 1. The minimum absolute atomic E-state index is 0.0529.